The number of aromatic nitrogens is 2. The molecule has 0 atom stereocenters. The Hall–Kier alpha value is -3.02. The zero-order valence-electron chi connectivity index (χ0n) is 17.3. The molecule has 1 heterocycles. The fraction of sp³-hybridized carbons (Fsp3) is 0.364. The number of aromatic amines is 1. The number of anilines is 1. The van der Waals surface area contributed by atoms with Crippen molar-refractivity contribution in [2.45, 2.75) is 45.8 Å². The number of carbonyl (C=O) groups excluding carboxylic acids is 1. The molecule has 6 heteroatoms. The minimum Gasteiger partial charge on any atom is -0.444 e. The van der Waals surface area contributed by atoms with E-state index in [-0.39, 0.29) is 0 Å². The van der Waals surface area contributed by atoms with Crippen LogP contribution in [0.15, 0.2) is 42.6 Å². The third-order valence-electron chi connectivity index (χ3n) is 4.61. The van der Waals surface area contributed by atoms with Gasteiger partial charge in [-0.05, 0) is 51.8 Å². The van der Waals surface area contributed by atoms with Gasteiger partial charge in [0, 0.05) is 18.0 Å². The van der Waals surface area contributed by atoms with Crippen LogP contribution in [0.2, 0.25) is 0 Å². The van der Waals surface area contributed by atoms with Gasteiger partial charge < -0.3 is 15.4 Å². The molecule has 1 amide bonds. The van der Waals surface area contributed by atoms with Gasteiger partial charge in [-0.15, -0.1) is 0 Å². The summed E-state index contributed by atoms with van der Waals surface area (Å²) in [5.41, 5.74) is 4.13. The first-order valence-corrected chi connectivity index (χ1v) is 9.36. The Morgan fingerprint density at radius 1 is 1.04 bits per heavy atom. The van der Waals surface area contributed by atoms with Crippen molar-refractivity contribution in [2.75, 3.05) is 12.4 Å². The third kappa shape index (κ3) is 4.11. The summed E-state index contributed by atoms with van der Waals surface area (Å²) in [6, 6.07) is 12.3. The Labute approximate surface area is 165 Å². The number of rotatable bonds is 4. The van der Waals surface area contributed by atoms with Crippen LogP contribution in [-0.4, -0.2) is 28.9 Å². The van der Waals surface area contributed by atoms with Gasteiger partial charge in [0.25, 0.3) is 0 Å². The Balaban J connectivity index is 1.86. The van der Waals surface area contributed by atoms with Crippen LogP contribution in [0, 0.1) is 0 Å². The molecule has 0 aliphatic heterocycles. The molecule has 0 saturated heterocycles. The number of H-pyrrole nitrogens is 1. The quantitative estimate of drug-likeness (QED) is 0.593. The number of fused-ring (bicyclic) bond motifs is 1. The number of alkyl carbamates (subject to hydrolysis) is 1. The molecule has 0 spiro atoms. The lowest BCUT2D eigenvalue weighted by Crippen LogP contribution is -2.43. The summed E-state index contributed by atoms with van der Waals surface area (Å²) in [5, 5.41) is 14.4. The van der Waals surface area contributed by atoms with Gasteiger partial charge in [-0.1, -0.05) is 30.3 Å². The lowest BCUT2D eigenvalue weighted by Gasteiger charge is -2.29. The molecule has 0 radical (unpaired) electrons. The molecule has 3 aromatic rings. The number of amides is 1. The van der Waals surface area contributed by atoms with Crippen LogP contribution >= 0.6 is 0 Å². The molecule has 0 aliphatic carbocycles. The Morgan fingerprint density at radius 2 is 1.71 bits per heavy atom. The predicted octanol–water partition coefficient (Wildman–Crippen LogP) is 5.03. The molecule has 0 unspecified atom stereocenters. The first-order valence-electron chi connectivity index (χ1n) is 9.36. The standard InChI is InChI=1S/C22H28N4O2/c1-21(2,3)28-20(27)25-22(4,5)15-9-7-14(8-10-15)16-11-12-18-17(13-24-26-18)19(16)23-6/h7-13,23H,1-6H3,(H,24,26)(H,25,27). The second-order valence-corrected chi connectivity index (χ2v) is 8.40. The number of ether oxygens (including phenoxy) is 1. The van der Waals surface area contributed by atoms with Gasteiger partial charge in [-0.3, -0.25) is 5.10 Å². The summed E-state index contributed by atoms with van der Waals surface area (Å²) in [4.78, 5) is 12.2. The summed E-state index contributed by atoms with van der Waals surface area (Å²) in [7, 11) is 1.91. The van der Waals surface area contributed by atoms with Crippen LogP contribution in [-0.2, 0) is 10.3 Å². The number of nitrogens with one attached hydrogen (secondary N) is 3. The Bertz CT molecular complexity index is 982. The number of hydrogen-bond donors (Lipinski definition) is 3. The van der Waals surface area contributed by atoms with E-state index >= 15 is 0 Å². The highest BCUT2D eigenvalue weighted by molar-refractivity contribution is 5.99. The zero-order chi connectivity index (χ0) is 20.5. The van der Waals surface area contributed by atoms with Gasteiger partial charge in [0.2, 0.25) is 0 Å². The maximum absolute atomic E-state index is 12.2. The van der Waals surface area contributed by atoms with Gasteiger partial charge in [-0.25, -0.2) is 4.79 Å². The second-order valence-electron chi connectivity index (χ2n) is 8.40. The van der Waals surface area contributed by atoms with Gasteiger partial charge >= 0.3 is 6.09 Å². The third-order valence-corrected chi connectivity index (χ3v) is 4.61. The molecule has 0 fully saturated rings. The number of benzene rings is 2. The zero-order valence-corrected chi connectivity index (χ0v) is 17.3. The molecule has 6 nitrogen and oxygen atoms in total. The van der Waals surface area contributed by atoms with Crippen LogP contribution < -0.4 is 10.6 Å². The van der Waals surface area contributed by atoms with Gasteiger partial charge in [0.05, 0.1) is 22.9 Å². The predicted molar refractivity (Wildman–Crippen MR) is 113 cm³/mol. The molecule has 0 saturated carbocycles. The molecule has 0 bridgehead atoms. The fourth-order valence-corrected chi connectivity index (χ4v) is 3.22. The van der Waals surface area contributed by atoms with Gasteiger partial charge in [0.15, 0.2) is 0 Å². The fourth-order valence-electron chi connectivity index (χ4n) is 3.22. The van der Waals surface area contributed by atoms with Gasteiger partial charge in [0.1, 0.15) is 5.60 Å². The summed E-state index contributed by atoms with van der Waals surface area (Å²) in [6.45, 7) is 9.48. The van der Waals surface area contributed by atoms with Crippen LogP contribution in [0.1, 0.15) is 40.2 Å². The lowest BCUT2D eigenvalue weighted by molar-refractivity contribution is 0.0470. The van der Waals surface area contributed by atoms with Crippen molar-refractivity contribution in [3.63, 3.8) is 0 Å². The first-order chi connectivity index (χ1) is 13.1. The molecule has 2 aromatic carbocycles. The number of nitrogens with zero attached hydrogens (tertiary/aromatic N) is 1. The largest absolute Gasteiger partial charge is 0.444 e. The normalized spacial score (nSPS) is 12.1. The van der Waals surface area contributed by atoms with E-state index in [9.17, 15) is 4.79 Å². The van der Waals surface area contributed by atoms with E-state index in [1.807, 2.05) is 66.1 Å². The van der Waals surface area contributed by atoms with Crippen LogP contribution in [0.3, 0.4) is 0 Å². The van der Waals surface area contributed by atoms with Crippen molar-refractivity contribution in [3.05, 3.63) is 48.2 Å². The highest BCUT2D eigenvalue weighted by Gasteiger charge is 2.26. The van der Waals surface area contributed by atoms with Crippen LogP contribution in [0.25, 0.3) is 22.0 Å². The molecular formula is C22H28N4O2. The van der Waals surface area contributed by atoms with E-state index < -0.39 is 17.2 Å². The van der Waals surface area contributed by atoms with E-state index in [0.29, 0.717) is 0 Å². The molecular weight excluding hydrogens is 352 g/mol. The van der Waals surface area contributed by atoms with Gasteiger partial charge in [-0.2, -0.15) is 5.10 Å². The Kier molecular flexibility index (Phi) is 5.06. The minimum atomic E-state index is -0.554. The van der Waals surface area contributed by atoms with E-state index in [0.717, 1.165) is 33.3 Å². The molecule has 0 aliphatic rings. The summed E-state index contributed by atoms with van der Waals surface area (Å²) >= 11 is 0. The van der Waals surface area contributed by atoms with Crippen molar-refractivity contribution in [1.29, 1.82) is 0 Å². The van der Waals surface area contributed by atoms with Crippen molar-refractivity contribution in [2.24, 2.45) is 0 Å². The van der Waals surface area contributed by atoms with E-state index in [1.54, 1.807) is 0 Å². The average Bonchev–Trinajstić information content (AvgIpc) is 3.07. The van der Waals surface area contributed by atoms with E-state index in [4.69, 9.17) is 4.74 Å². The van der Waals surface area contributed by atoms with E-state index in [1.165, 1.54) is 0 Å². The summed E-state index contributed by atoms with van der Waals surface area (Å²) in [6.07, 6.45) is 1.40. The molecule has 3 N–H and O–H groups in total. The summed E-state index contributed by atoms with van der Waals surface area (Å²) in [5.74, 6) is 0. The topological polar surface area (TPSA) is 79.0 Å². The second kappa shape index (κ2) is 7.19. The monoisotopic (exact) mass is 380 g/mol. The average molecular weight is 380 g/mol. The first kappa shape index (κ1) is 19.7. The lowest BCUT2D eigenvalue weighted by atomic mass is 9.92. The molecule has 1 aromatic heterocycles. The highest BCUT2D eigenvalue weighted by atomic mass is 16.6. The molecule has 3 rings (SSSR count). The minimum absolute atomic E-state index is 0.426. The SMILES string of the molecule is CNc1c(-c2ccc(C(C)(C)NC(=O)OC(C)(C)C)cc2)ccc2[nH]ncc12. The van der Waals surface area contributed by atoms with Crippen molar-refractivity contribution in [3.8, 4) is 11.1 Å². The number of carbonyl (C=O) groups is 1. The highest BCUT2D eigenvalue weighted by Crippen LogP contribution is 2.34. The molecule has 148 valence electrons. The maximum Gasteiger partial charge on any atom is 0.408 e. The van der Waals surface area contributed by atoms with Crippen LogP contribution in [0.4, 0.5) is 10.5 Å². The summed E-state index contributed by atoms with van der Waals surface area (Å²) < 4.78 is 5.38. The number of hydrogen-bond acceptors (Lipinski definition) is 4. The van der Waals surface area contributed by atoms with Crippen molar-refractivity contribution in [1.82, 2.24) is 15.5 Å². The van der Waals surface area contributed by atoms with Crippen molar-refractivity contribution < 1.29 is 9.53 Å². The van der Waals surface area contributed by atoms with Crippen molar-refractivity contribution >= 4 is 22.7 Å². The van der Waals surface area contributed by atoms with E-state index in [2.05, 4.69) is 39.0 Å². The maximum atomic E-state index is 12.2. The smallest absolute Gasteiger partial charge is 0.408 e. The molecule has 28 heavy (non-hydrogen) atoms. The van der Waals surface area contributed by atoms with Crippen LogP contribution in [0.5, 0.6) is 0 Å². The Morgan fingerprint density at radius 3 is 2.32 bits per heavy atom.